The van der Waals surface area contributed by atoms with Crippen LogP contribution >= 0.6 is 11.6 Å². The van der Waals surface area contributed by atoms with Crippen LogP contribution in [0.4, 0.5) is 5.82 Å². The zero-order chi connectivity index (χ0) is 19.5. The first-order valence-electron chi connectivity index (χ1n) is 9.09. The van der Waals surface area contributed by atoms with Crippen LogP contribution in [0.2, 0.25) is 5.15 Å². The molecule has 1 aliphatic rings. The van der Waals surface area contributed by atoms with Gasteiger partial charge in [0, 0.05) is 50.6 Å². The third-order valence-electron chi connectivity index (χ3n) is 4.66. The van der Waals surface area contributed by atoms with E-state index < -0.39 is 0 Å². The van der Waals surface area contributed by atoms with E-state index in [0.29, 0.717) is 49.9 Å². The van der Waals surface area contributed by atoms with Gasteiger partial charge in [-0.1, -0.05) is 23.7 Å². The van der Waals surface area contributed by atoms with Crippen molar-refractivity contribution in [3.8, 4) is 11.4 Å². The van der Waals surface area contributed by atoms with Crippen molar-refractivity contribution in [1.29, 1.82) is 0 Å². The highest BCUT2D eigenvalue weighted by Crippen LogP contribution is 2.21. The first kappa shape index (κ1) is 18.4. The number of hydrogen-bond donors (Lipinski definition) is 0. The molecule has 0 aliphatic carbocycles. The van der Waals surface area contributed by atoms with E-state index in [4.69, 9.17) is 16.1 Å². The van der Waals surface area contributed by atoms with Crippen LogP contribution in [-0.4, -0.2) is 57.1 Å². The first-order chi connectivity index (χ1) is 13.7. The summed E-state index contributed by atoms with van der Waals surface area (Å²) in [5.74, 6) is 1.91. The van der Waals surface area contributed by atoms with Gasteiger partial charge >= 0.3 is 0 Å². The van der Waals surface area contributed by atoms with E-state index in [1.54, 1.807) is 29.4 Å². The quantitative estimate of drug-likeness (QED) is 0.624. The molecule has 0 radical (unpaired) electrons. The monoisotopic (exact) mass is 398 g/mol. The van der Waals surface area contributed by atoms with E-state index in [-0.39, 0.29) is 11.1 Å². The van der Waals surface area contributed by atoms with Gasteiger partial charge < -0.3 is 14.3 Å². The molecule has 3 aromatic rings. The molecule has 1 fully saturated rings. The fraction of sp³-hybridized carbons (Fsp3) is 0.316. The topological polar surface area (TPSA) is 88.3 Å². The minimum Gasteiger partial charge on any atom is -0.353 e. The van der Waals surface area contributed by atoms with Crippen LogP contribution in [0.1, 0.15) is 23.2 Å². The molecule has 0 atom stereocenters. The number of aryl methyl sites for hydroxylation is 1. The SMILES string of the molecule is CCc1nc(-c2ccc(N3CCN(C(=O)c4cccnc4Cl)CC3)nc2)no1. The van der Waals surface area contributed by atoms with E-state index in [1.807, 2.05) is 19.1 Å². The van der Waals surface area contributed by atoms with Crippen LogP contribution in [0.3, 0.4) is 0 Å². The number of amides is 1. The number of hydrogen-bond acceptors (Lipinski definition) is 7. The molecule has 8 nitrogen and oxygen atoms in total. The third-order valence-corrected chi connectivity index (χ3v) is 4.96. The first-order valence-corrected chi connectivity index (χ1v) is 9.47. The molecule has 0 bridgehead atoms. The molecule has 0 unspecified atom stereocenters. The molecule has 1 saturated heterocycles. The molecule has 0 N–H and O–H groups in total. The van der Waals surface area contributed by atoms with Crippen molar-refractivity contribution < 1.29 is 9.32 Å². The molecule has 9 heteroatoms. The third kappa shape index (κ3) is 3.68. The summed E-state index contributed by atoms with van der Waals surface area (Å²) >= 11 is 6.04. The number of nitrogens with zero attached hydrogens (tertiary/aromatic N) is 6. The lowest BCUT2D eigenvalue weighted by Crippen LogP contribution is -2.49. The second kappa shape index (κ2) is 7.93. The van der Waals surface area contributed by atoms with Gasteiger partial charge in [0.15, 0.2) is 0 Å². The van der Waals surface area contributed by atoms with E-state index in [9.17, 15) is 4.79 Å². The number of anilines is 1. The van der Waals surface area contributed by atoms with Gasteiger partial charge in [0.05, 0.1) is 5.56 Å². The Morgan fingerprint density at radius 3 is 2.64 bits per heavy atom. The summed E-state index contributed by atoms with van der Waals surface area (Å²) in [6.07, 6.45) is 4.02. The summed E-state index contributed by atoms with van der Waals surface area (Å²) in [5.41, 5.74) is 1.25. The number of carbonyl (C=O) groups excluding carboxylic acids is 1. The van der Waals surface area contributed by atoms with Gasteiger partial charge in [-0.25, -0.2) is 9.97 Å². The predicted octanol–water partition coefficient (Wildman–Crippen LogP) is 2.70. The Labute approximate surface area is 167 Å². The Hall–Kier alpha value is -3.00. The normalized spacial score (nSPS) is 14.4. The maximum absolute atomic E-state index is 12.6. The lowest BCUT2D eigenvalue weighted by Gasteiger charge is -2.35. The van der Waals surface area contributed by atoms with Gasteiger partial charge in [0.1, 0.15) is 11.0 Å². The van der Waals surface area contributed by atoms with Crippen molar-refractivity contribution in [2.75, 3.05) is 31.1 Å². The lowest BCUT2D eigenvalue weighted by atomic mass is 10.2. The van der Waals surface area contributed by atoms with Crippen molar-refractivity contribution in [2.45, 2.75) is 13.3 Å². The van der Waals surface area contributed by atoms with Gasteiger partial charge in [-0.15, -0.1) is 0 Å². The standard InChI is InChI=1S/C19H19ClN6O2/c1-2-16-23-18(24-28-16)13-5-6-15(22-12-13)25-8-10-26(11-9-25)19(27)14-4-3-7-21-17(14)20/h3-7,12H,2,8-11H2,1H3. The number of carbonyl (C=O) groups is 1. The van der Waals surface area contributed by atoms with Crippen LogP contribution in [0.5, 0.6) is 0 Å². The fourth-order valence-electron chi connectivity index (χ4n) is 3.08. The summed E-state index contributed by atoms with van der Waals surface area (Å²) in [4.78, 5) is 29.4. The molecular formula is C19H19ClN6O2. The summed E-state index contributed by atoms with van der Waals surface area (Å²) < 4.78 is 5.14. The smallest absolute Gasteiger partial charge is 0.257 e. The van der Waals surface area contributed by atoms with Gasteiger partial charge in [0.25, 0.3) is 5.91 Å². The van der Waals surface area contributed by atoms with Crippen molar-refractivity contribution in [3.63, 3.8) is 0 Å². The molecule has 3 aromatic heterocycles. The van der Waals surface area contributed by atoms with Crippen LogP contribution in [0.15, 0.2) is 41.2 Å². The van der Waals surface area contributed by atoms with Gasteiger partial charge in [-0.05, 0) is 24.3 Å². The van der Waals surface area contributed by atoms with Crippen molar-refractivity contribution in [2.24, 2.45) is 0 Å². The van der Waals surface area contributed by atoms with E-state index >= 15 is 0 Å². The Bertz CT molecular complexity index is 967. The highest BCUT2D eigenvalue weighted by Gasteiger charge is 2.24. The Morgan fingerprint density at radius 1 is 1.18 bits per heavy atom. The minimum absolute atomic E-state index is 0.0927. The molecule has 4 heterocycles. The van der Waals surface area contributed by atoms with Gasteiger partial charge in [-0.3, -0.25) is 4.79 Å². The highest BCUT2D eigenvalue weighted by molar-refractivity contribution is 6.32. The minimum atomic E-state index is -0.0927. The average Bonchev–Trinajstić information content (AvgIpc) is 3.23. The number of pyridine rings is 2. The summed E-state index contributed by atoms with van der Waals surface area (Å²) in [5, 5.41) is 4.20. The van der Waals surface area contributed by atoms with Crippen LogP contribution in [0, 0.1) is 0 Å². The van der Waals surface area contributed by atoms with E-state index in [1.165, 1.54) is 0 Å². The zero-order valence-corrected chi connectivity index (χ0v) is 16.1. The fourth-order valence-corrected chi connectivity index (χ4v) is 3.28. The number of aromatic nitrogens is 4. The van der Waals surface area contributed by atoms with E-state index in [0.717, 1.165) is 11.4 Å². The molecule has 0 saturated carbocycles. The summed E-state index contributed by atoms with van der Waals surface area (Å²) in [7, 11) is 0. The molecular weight excluding hydrogens is 380 g/mol. The molecule has 0 spiro atoms. The maximum atomic E-state index is 12.6. The van der Waals surface area contributed by atoms with E-state index in [2.05, 4.69) is 25.0 Å². The number of piperazine rings is 1. The number of halogens is 1. The van der Waals surface area contributed by atoms with Gasteiger partial charge in [0.2, 0.25) is 11.7 Å². The van der Waals surface area contributed by atoms with Crippen molar-refractivity contribution in [3.05, 3.63) is 53.3 Å². The Morgan fingerprint density at radius 2 is 2.00 bits per heavy atom. The molecule has 144 valence electrons. The molecule has 1 amide bonds. The predicted molar refractivity (Wildman–Crippen MR) is 104 cm³/mol. The molecule has 4 rings (SSSR count). The second-order valence-corrected chi connectivity index (χ2v) is 6.75. The molecule has 1 aliphatic heterocycles. The number of rotatable bonds is 4. The average molecular weight is 399 g/mol. The van der Waals surface area contributed by atoms with Crippen LogP contribution in [-0.2, 0) is 6.42 Å². The van der Waals surface area contributed by atoms with Crippen LogP contribution in [0.25, 0.3) is 11.4 Å². The van der Waals surface area contributed by atoms with Gasteiger partial charge in [-0.2, -0.15) is 4.98 Å². The lowest BCUT2D eigenvalue weighted by molar-refractivity contribution is 0.0746. The van der Waals surface area contributed by atoms with Crippen LogP contribution < -0.4 is 4.90 Å². The zero-order valence-electron chi connectivity index (χ0n) is 15.4. The molecule has 0 aromatic carbocycles. The largest absolute Gasteiger partial charge is 0.353 e. The maximum Gasteiger partial charge on any atom is 0.257 e. The Balaban J connectivity index is 1.40. The molecule has 28 heavy (non-hydrogen) atoms. The van der Waals surface area contributed by atoms with Crippen molar-refractivity contribution >= 4 is 23.3 Å². The summed E-state index contributed by atoms with van der Waals surface area (Å²) in [6.45, 7) is 4.54. The Kier molecular flexibility index (Phi) is 5.21. The highest BCUT2D eigenvalue weighted by atomic mass is 35.5. The second-order valence-electron chi connectivity index (χ2n) is 6.39. The summed E-state index contributed by atoms with van der Waals surface area (Å²) in [6, 6.07) is 7.28. The van der Waals surface area contributed by atoms with Crippen molar-refractivity contribution in [1.82, 2.24) is 25.0 Å².